The van der Waals surface area contributed by atoms with Crippen LogP contribution in [0, 0.1) is 0 Å². The number of amides is 1. The van der Waals surface area contributed by atoms with Crippen LogP contribution >= 0.6 is 34.8 Å². The number of ether oxygens (including phenoxy) is 1. The van der Waals surface area contributed by atoms with Crippen molar-refractivity contribution >= 4 is 40.7 Å². The van der Waals surface area contributed by atoms with E-state index in [-0.39, 0.29) is 27.2 Å². The Morgan fingerprint density at radius 2 is 1.74 bits per heavy atom. The number of halogens is 3. The number of nitrogens with one attached hydrogen (secondary N) is 1. The van der Waals surface area contributed by atoms with E-state index < -0.39 is 11.7 Å². The highest BCUT2D eigenvalue weighted by atomic mass is 35.5. The molecule has 0 fully saturated rings. The molecule has 0 saturated carbocycles. The minimum atomic E-state index is -0.558. The number of benzene rings is 2. The first-order chi connectivity index (χ1) is 10.9. The van der Waals surface area contributed by atoms with E-state index in [9.17, 15) is 9.90 Å². The topological polar surface area (TPSA) is 58.6 Å². The monoisotopic (exact) mass is 373 g/mol. The number of carbonyl (C=O) groups is 1. The fraction of sp³-hybridized carbons (Fsp3) is 0.188. The maximum absolute atomic E-state index is 12.2. The highest BCUT2D eigenvalue weighted by Gasteiger charge is 2.20. The van der Waals surface area contributed by atoms with Gasteiger partial charge in [-0.05, 0) is 17.2 Å². The number of aromatic hydroxyl groups is 1. The third-order valence-electron chi connectivity index (χ3n) is 3.16. The van der Waals surface area contributed by atoms with Crippen molar-refractivity contribution in [2.75, 3.05) is 7.11 Å². The molecule has 0 unspecified atom stereocenters. The molecule has 7 heteroatoms. The Kier molecular flexibility index (Phi) is 6.13. The first-order valence-corrected chi connectivity index (χ1v) is 7.78. The molecule has 0 radical (unpaired) electrons. The van der Waals surface area contributed by atoms with E-state index in [1.54, 1.807) is 7.11 Å². The lowest BCUT2D eigenvalue weighted by atomic mass is 10.1. The van der Waals surface area contributed by atoms with Gasteiger partial charge in [-0.2, -0.15) is 0 Å². The molecule has 0 aliphatic rings. The molecule has 122 valence electrons. The van der Waals surface area contributed by atoms with Gasteiger partial charge in [0.1, 0.15) is 11.3 Å². The molecule has 2 aromatic rings. The van der Waals surface area contributed by atoms with Gasteiger partial charge in [-0.25, -0.2) is 0 Å². The molecule has 0 aliphatic carbocycles. The van der Waals surface area contributed by atoms with Crippen molar-refractivity contribution in [1.29, 1.82) is 0 Å². The zero-order valence-electron chi connectivity index (χ0n) is 12.2. The van der Waals surface area contributed by atoms with Crippen molar-refractivity contribution in [3.8, 4) is 5.75 Å². The second-order valence-electron chi connectivity index (χ2n) is 4.81. The summed E-state index contributed by atoms with van der Waals surface area (Å²) in [5.74, 6) is -0.952. The van der Waals surface area contributed by atoms with Crippen molar-refractivity contribution in [3.05, 3.63) is 62.1 Å². The summed E-state index contributed by atoms with van der Waals surface area (Å²) in [7, 11) is 1.63. The first-order valence-electron chi connectivity index (χ1n) is 6.65. The van der Waals surface area contributed by atoms with Crippen molar-refractivity contribution in [2.24, 2.45) is 0 Å². The Morgan fingerprint density at radius 3 is 2.35 bits per heavy atom. The number of phenolic OH excluding ortho intramolecular Hbond substituents is 1. The van der Waals surface area contributed by atoms with Gasteiger partial charge >= 0.3 is 0 Å². The highest BCUT2D eigenvalue weighted by Crippen LogP contribution is 2.38. The largest absolute Gasteiger partial charge is 0.505 e. The van der Waals surface area contributed by atoms with Gasteiger partial charge in [-0.1, -0.05) is 59.1 Å². The quantitative estimate of drug-likeness (QED) is 0.761. The van der Waals surface area contributed by atoms with Crippen LogP contribution in [0.15, 0.2) is 30.3 Å². The number of hydrogen-bond donors (Lipinski definition) is 2. The van der Waals surface area contributed by atoms with Gasteiger partial charge in [0.05, 0.1) is 21.7 Å². The van der Waals surface area contributed by atoms with Gasteiger partial charge in [0.25, 0.3) is 5.91 Å². The molecule has 0 aromatic heterocycles. The van der Waals surface area contributed by atoms with Crippen LogP contribution in [0.25, 0.3) is 0 Å². The zero-order chi connectivity index (χ0) is 17.0. The number of methoxy groups -OCH3 is 1. The van der Waals surface area contributed by atoms with E-state index in [0.29, 0.717) is 6.61 Å². The summed E-state index contributed by atoms with van der Waals surface area (Å²) in [6.45, 7) is 0.795. The number of hydrogen-bond acceptors (Lipinski definition) is 3. The van der Waals surface area contributed by atoms with Crippen LogP contribution in [0.4, 0.5) is 0 Å². The van der Waals surface area contributed by atoms with Gasteiger partial charge in [0.2, 0.25) is 0 Å². The standard InChI is InChI=1S/C16H14Cl3NO3/c1-23-8-10-4-2-9(3-5-10)7-20-16(22)13-14(19)11(17)6-12(18)15(13)21/h2-6,21H,7-8H2,1H3,(H,20,22). The average molecular weight is 375 g/mol. The van der Waals surface area contributed by atoms with Crippen LogP contribution in [0.3, 0.4) is 0 Å². The van der Waals surface area contributed by atoms with E-state index in [1.807, 2.05) is 24.3 Å². The van der Waals surface area contributed by atoms with Crippen LogP contribution in [0.5, 0.6) is 5.75 Å². The minimum Gasteiger partial charge on any atom is -0.505 e. The predicted octanol–water partition coefficient (Wildman–Crippen LogP) is 4.43. The lowest BCUT2D eigenvalue weighted by molar-refractivity contribution is 0.0948. The number of rotatable bonds is 5. The number of carbonyl (C=O) groups excluding carboxylic acids is 1. The lowest BCUT2D eigenvalue weighted by Crippen LogP contribution is -2.23. The summed E-state index contributed by atoms with van der Waals surface area (Å²) in [4.78, 5) is 12.2. The molecule has 4 nitrogen and oxygen atoms in total. The summed E-state index contributed by atoms with van der Waals surface area (Å²) in [5, 5.41) is 12.6. The summed E-state index contributed by atoms with van der Waals surface area (Å²) in [5.41, 5.74) is 1.78. The Labute approximate surface area is 148 Å². The second-order valence-corrected chi connectivity index (χ2v) is 6.00. The molecule has 0 spiro atoms. The van der Waals surface area contributed by atoms with E-state index in [2.05, 4.69) is 5.32 Å². The molecule has 2 aromatic carbocycles. The Morgan fingerprint density at radius 1 is 1.13 bits per heavy atom. The van der Waals surface area contributed by atoms with Gasteiger partial charge in [0.15, 0.2) is 0 Å². The smallest absolute Gasteiger partial charge is 0.256 e. The van der Waals surface area contributed by atoms with Gasteiger partial charge in [0, 0.05) is 13.7 Å². The lowest BCUT2D eigenvalue weighted by Gasteiger charge is -2.11. The maximum atomic E-state index is 12.2. The third kappa shape index (κ3) is 4.30. The molecule has 2 N–H and O–H groups in total. The zero-order valence-corrected chi connectivity index (χ0v) is 14.5. The predicted molar refractivity (Wildman–Crippen MR) is 91.5 cm³/mol. The van der Waals surface area contributed by atoms with E-state index in [4.69, 9.17) is 39.5 Å². The number of phenols is 1. The Balaban J connectivity index is 2.11. The van der Waals surface area contributed by atoms with E-state index >= 15 is 0 Å². The molecule has 0 aliphatic heterocycles. The van der Waals surface area contributed by atoms with Gasteiger partial charge in [-0.15, -0.1) is 0 Å². The average Bonchev–Trinajstić information content (AvgIpc) is 2.53. The van der Waals surface area contributed by atoms with Gasteiger partial charge in [-0.3, -0.25) is 4.79 Å². The molecule has 0 heterocycles. The van der Waals surface area contributed by atoms with Crippen molar-refractivity contribution < 1.29 is 14.6 Å². The van der Waals surface area contributed by atoms with Crippen LogP contribution in [0.2, 0.25) is 15.1 Å². The fourth-order valence-corrected chi connectivity index (χ4v) is 2.68. The SMILES string of the molecule is COCc1ccc(CNC(=O)c2c(O)c(Cl)cc(Cl)c2Cl)cc1. The van der Waals surface area contributed by atoms with Crippen LogP contribution in [-0.4, -0.2) is 18.1 Å². The van der Waals surface area contributed by atoms with Crippen LogP contribution in [0.1, 0.15) is 21.5 Å². The molecule has 0 atom stereocenters. The summed E-state index contributed by atoms with van der Waals surface area (Å²) in [6.07, 6.45) is 0. The van der Waals surface area contributed by atoms with E-state index in [0.717, 1.165) is 11.1 Å². The van der Waals surface area contributed by atoms with Crippen LogP contribution < -0.4 is 5.32 Å². The molecular formula is C16H14Cl3NO3. The molecular weight excluding hydrogens is 361 g/mol. The summed E-state index contributed by atoms with van der Waals surface area (Å²) >= 11 is 17.7. The van der Waals surface area contributed by atoms with Crippen LogP contribution in [-0.2, 0) is 17.9 Å². The summed E-state index contributed by atoms with van der Waals surface area (Å²) in [6, 6.07) is 8.85. The van der Waals surface area contributed by atoms with Gasteiger partial charge < -0.3 is 15.2 Å². The molecule has 1 amide bonds. The molecule has 0 bridgehead atoms. The Hall–Kier alpha value is -1.46. The third-order valence-corrected chi connectivity index (χ3v) is 4.24. The van der Waals surface area contributed by atoms with Crippen molar-refractivity contribution in [2.45, 2.75) is 13.2 Å². The van der Waals surface area contributed by atoms with Crippen molar-refractivity contribution in [1.82, 2.24) is 5.32 Å². The maximum Gasteiger partial charge on any atom is 0.256 e. The van der Waals surface area contributed by atoms with Crippen molar-refractivity contribution in [3.63, 3.8) is 0 Å². The molecule has 2 rings (SSSR count). The molecule has 23 heavy (non-hydrogen) atoms. The second kappa shape index (κ2) is 7.88. The molecule has 0 saturated heterocycles. The minimum absolute atomic E-state index is 0.0338. The normalized spacial score (nSPS) is 10.6. The Bertz CT molecular complexity index is 691. The first kappa shape index (κ1) is 17.9. The highest BCUT2D eigenvalue weighted by molar-refractivity contribution is 6.45. The summed E-state index contributed by atoms with van der Waals surface area (Å²) < 4.78 is 5.04. The van der Waals surface area contributed by atoms with E-state index in [1.165, 1.54) is 6.07 Å². The fourth-order valence-electron chi connectivity index (χ4n) is 1.98.